The molecule has 0 spiro atoms. The summed E-state index contributed by atoms with van der Waals surface area (Å²) in [7, 11) is -9.53. The van der Waals surface area contributed by atoms with E-state index in [0.29, 0.717) is 12.1 Å². The van der Waals surface area contributed by atoms with Gasteiger partial charge in [-0.15, -0.1) is 0 Å². The Labute approximate surface area is 157 Å². The van der Waals surface area contributed by atoms with Gasteiger partial charge >= 0.3 is 5.51 Å². The summed E-state index contributed by atoms with van der Waals surface area (Å²) < 4.78 is 90.7. The number of oxime groups is 1. The molecule has 2 rings (SSSR count). The smallest absolute Gasteiger partial charge is 0.435 e. The van der Waals surface area contributed by atoms with E-state index < -0.39 is 46.6 Å². The molecule has 0 saturated carbocycles. The van der Waals surface area contributed by atoms with Crippen molar-refractivity contribution in [3.63, 3.8) is 0 Å². The standard InChI is InChI=1S/C15H13F3N2O6S2/c1-3-5-12(27(22,23)4-2)13(20-21)14-19-10-8-9(6-7-11(10)26-14)28(24,25)15(16,17)18/h3,5-8,21H,1,4H2,2H3/b12-5+,20-13-. The number of alkyl halides is 3. The zero-order valence-corrected chi connectivity index (χ0v) is 15.8. The zero-order chi connectivity index (χ0) is 21.3. The van der Waals surface area contributed by atoms with Gasteiger partial charge in [-0.2, -0.15) is 13.2 Å². The van der Waals surface area contributed by atoms with Crippen LogP contribution in [0, 0.1) is 0 Å². The molecule has 2 aromatic rings. The Morgan fingerprint density at radius 3 is 2.46 bits per heavy atom. The molecular weight excluding hydrogens is 425 g/mol. The van der Waals surface area contributed by atoms with E-state index >= 15 is 0 Å². The molecule has 0 radical (unpaired) electrons. The first-order chi connectivity index (χ1) is 12.9. The molecule has 1 N–H and O–H groups in total. The lowest BCUT2D eigenvalue weighted by molar-refractivity contribution is -0.0435. The molecule has 0 aliphatic carbocycles. The van der Waals surface area contributed by atoms with Crippen molar-refractivity contribution in [1.29, 1.82) is 0 Å². The maximum Gasteiger partial charge on any atom is 0.501 e. The molecule has 13 heteroatoms. The summed E-state index contributed by atoms with van der Waals surface area (Å²) in [4.78, 5) is 2.21. The Morgan fingerprint density at radius 2 is 1.96 bits per heavy atom. The quantitative estimate of drug-likeness (QED) is 0.318. The molecule has 1 aromatic carbocycles. The first kappa shape index (κ1) is 21.6. The van der Waals surface area contributed by atoms with Crippen molar-refractivity contribution >= 4 is 36.5 Å². The fourth-order valence-electron chi connectivity index (χ4n) is 2.10. The van der Waals surface area contributed by atoms with Crippen LogP contribution in [0.4, 0.5) is 13.2 Å². The number of nitrogens with zero attached hydrogens (tertiary/aromatic N) is 2. The highest BCUT2D eigenvalue weighted by atomic mass is 32.2. The first-order valence-electron chi connectivity index (χ1n) is 7.39. The summed E-state index contributed by atoms with van der Waals surface area (Å²) in [5.74, 6) is -0.899. The fraction of sp³-hybridized carbons (Fsp3) is 0.200. The molecule has 0 saturated heterocycles. The Morgan fingerprint density at radius 1 is 1.32 bits per heavy atom. The molecule has 28 heavy (non-hydrogen) atoms. The number of halogens is 3. The number of aromatic nitrogens is 1. The Balaban J connectivity index is 2.66. The molecule has 0 aliphatic heterocycles. The molecule has 152 valence electrons. The lowest BCUT2D eigenvalue weighted by atomic mass is 10.3. The van der Waals surface area contributed by atoms with Gasteiger partial charge in [0, 0.05) is 0 Å². The van der Waals surface area contributed by atoms with Crippen LogP contribution in [0.1, 0.15) is 12.8 Å². The molecule has 0 atom stereocenters. The molecule has 0 amide bonds. The Kier molecular flexibility index (Phi) is 5.71. The summed E-state index contributed by atoms with van der Waals surface area (Å²) in [5.41, 5.74) is -6.59. The van der Waals surface area contributed by atoms with E-state index in [9.17, 15) is 35.2 Å². The number of rotatable bonds is 6. The predicted octanol–water partition coefficient (Wildman–Crippen LogP) is 2.80. The van der Waals surface area contributed by atoms with Crippen molar-refractivity contribution in [2.45, 2.75) is 17.3 Å². The van der Waals surface area contributed by atoms with Gasteiger partial charge in [0.15, 0.2) is 21.1 Å². The summed E-state index contributed by atoms with van der Waals surface area (Å²) >= 11 is 0. The van der Waals surface area contributed by atoms with Crippen molar-refractivity contribution in [1.82, 2.24) is 4.98 Å². The van der Waals surface area contributed by atoms with E-state index in [1.165, 1.54) is 6.92 Å². The van der Waals surface area contributed by atoms with Crippen LogP contribution in [0.3, 0.4) is 0 Å². The largest absolute Gasteiger partial charge is 0.501 e. The molecular formula is C15H13F3N2O6S2. The molecule has 0 fully saturated rings. The number of allylic oxidation sites excluding steroid dienone is 3. The van der Waals surface area contributed by atoms with Crippen LogP contribution in [0.25, 0.3) is 11.1 Å². The van der Waals surface area contributed by atoms with Gasteiger partial charge in [0.2, 0.25) is 0 Å². The van der Waals surface area contributed by atoms with Gasteiger partial charge < -0.3 is 9.62 Å². The molecule has 0 bridgehead atoms. The van der Waals surface area contributed by atoms with Crippen molar-refractivity contribution < 1.29 is 39.6 Å². The summed E-state index contributed by atoms with van der Waals surface area (Å²) in [6, 6.07) is 2.20. The lowest BCUT2D eigenvalue weighted by Crippen LogP contribution is -2.23. The van der Waals surface area contributed by atoms with Crippen LogP contribution in [0.2, 0.25) is 0 Å². The minimum Gasteiger partial charge on any atom is -0.435 e. The van der Waals surface area contributed by atoms with Gasteiger partial charge in [0.1, 0.15) is 10.4 Å². The van der Waals surface area contributed by atoms with Crippen molar-refractivity contribution in [2.75, 3.05) is 5.75 Å². The van der Waals surface area contributed by atoms with Crippen molar-refractivity contribution in [3.8, 4) is 0 Å². The number of benzene rings is 1. The average Bonchev–Trinajstić information content (AvgIpc) is 3.03. The highest BCUT2D eigenvalue weighted by Crippen LogP contribution is 2.32. The number of sulfone groups is 2. The van der Waals surface area contributed by atoms with Crippen LogP contribution < -0.4 is 0 Å². The topological polar surface area (TPSA) is 127 Å². The van der Waals surface area contributed by atoms with Crippen LogP contribution in [0.15, 0.2) is 56.3 Å². The molecule has 0 unspecified atom stereocenters. The SMILES string of the molecule is C=C/C=C(\C(=N\O)c1nc2cc(S(=O)(=O)C(F)(F)F)ccc2o1)S(=O)(=O)CC. The molecule has 1 aromatic heterocycles. The maximum atomic E-state index is 12.7. The van der Waals surface area contributed by atoms with Crippen molar-refractivity contribution in [3.05, 3.63) is 47.7 Å². The fourth-order valence-corrected chi connectivity index (χ4v) is 3.92. The Hall–Kier alpha value is -2.67. The third-order valence-corrected chi connectivity index (χ3v) is 6.74. The maximum absolute atomic E-state index is 12.7. The van der Waals surface area contributed by atoms with E-state index in [4.69, 9.17) is 4.42 Å². The number of fused-ring (bicyclic) bond motifs is 1. The second-order valence-electron chi connectivity index (χ2n) is 5.22. The van der Waals surface area contributed by atoms with E-state index in [-0.39, 0.29) is 16.9 Å². The van der Waals surface area contributed by atoms with Gasteiger partial charge in [-0.3, -0.25) is 0 Å². The monoisotopic (exact) mass is 438 g/mol. The van der Waals surface area contributed by atoms with Gasteiger partial charge in [0.25, 0.3) is 15.7 Å². The van der Waals surface area contributed by atoms with Crippen LogP contribution in [-0.2, 0) is 19.7 Å². The number of oxazole rings is 1. The normalized spacial score (nSPS) is 14.4. The second kappa shape index (κ2) is 7.39. The van der Waals surface area contributed by atoms with Crippen molar-refractivity contribution in [2.24, 2.45) is 5.16 Å². The van der Waals surface area contributed by atoms with Gasteiger partial charge in [0.05, 0.1) is 10.6 Å². The average molecular weight is 438 g/mol. The lowest BCUT2D eigenvalue weighted by Gasteiger charge is -2.07. The molecule has 1 heterocycles. The first-order valence-corrected chi connectivity index (χ1v) is 10.5. The summed E-state index contributed by atoms with van der Waals surface area (Å²) in [5, 5.41) is 12.1. The van der Waals surface area contributed by atoms with Gasteiger partial charge in [-0.05, 0) is 24.3 Å². The van der Waals surface area contributed by atoms with E-state index in [0.717, 1.165) is 18.2 Å². The number of hydrogen-bond donors (Lipinski definition) is 1. The third kappa shape index (κ3) is 3.80. The zero-order valence-electron chi connectivity index (χ0n) is 14.1. The third-order valence-electron chi connectivity index (χ3n) is 3.49. The number of hydrogen-bond acceptors (Lipinski definition) is 8. The van der Waals surface area contributed by atoms with Gasteiger partial charge in [-0.1, -0.05) is 24.7 Å². The van der Waals surface area contributed by atoms with Crippen LogP contribution in [-0.4, -0.2) is 44.0 Å². The molecule has 0 aliphatic rings. The second-order valence-corrected chi connectivity index (χ2v) is 9.40. The predicted molar refractivity (Wildman–Crippen MR) is 93.3 cm³/mol. The van der Waals surface area contributed by atoms with E-state index in [1.807, 2.05) is 0 Å². The highest BCUT2D eigenvalue weighted by molar-refractivity contribution is 7.96. The Bertz CT molecular complexity index is 1190. The minimum absolute atomic E-state index is 0.149. The molecule has 8 nitrogen and oxygen atoms in total. The van der Waals surface area contributed by atoms with E-state index in [2.05, 4.69) is 16.7 Å². The summed E-state index contributed by atoms with van der Waals surface area (Å²) in [6.45, 7) is 4.70. The minimum atomic E-state index is -5.62. The summed E-state index contributed by atoms with van der Waals surface area (Å²) in [6.07, 6.45) is 2.15. The van der Waals surface area contributed by atoms with E-state index in [1.54, 1.807) is 0 Å². The van der Waals surface area contributed by atoms with Crippen LogP contribution >= 0.6 is 0 Å². The van der Waals surface area contributed by atoms with Crippen LogP contribution in [0.5, 0.6) is 0 Å². The van der Waals surface area contributed by atoms with Gasteiger partial charge in [-0.25, -0.2) is 21.8 Å². The highest BCUT2D eigenvalue weighted by Gasteiger charge is 2.47.